The molecular weight excluding hydrogens is 260 g/mol. The molecule has 1 amide bonds. The van der Waals surface area contributed by atoms with Crippen LogP contribution in [0.15, 0.2) is 18.2 Å². The van der Waals surface area contributed by atoms with Gasteiger partial charge < -0.3 is 10.6 Å². The molecule has 2 aliphatic rings. The van der Waals surface area contributed by atoms with E-state index >= 15 is 0 Å². The summed E-state index contributed by atoms with van der Waals surface area (Å²) in [4.78, 5) is 12.3. The molecule has 2 bridgehead atoms. The maximum absolute atomic E-state index is 12.3. The van der Waals surface area contributed by atoms with Gasteiger partial charge in [0.25, 0.3) is 0 Å². The fraction of sp³-hybridized carbons (Fsp3) is 0.611. The average Bonchev–Trinajstić information content (AvgIpc) is 2.80. The van der Waals surface area contributed by atoms with E-state index in [1.54, 1.807) is 0 Å². The average molecular weight is 286 g/mol. The third kappa shape index (κ3) is 3.46. The van der Waals surface area contributed by atoms with Gasteiger partial charge in [0.15, 0.2) is 0 Å². The first-order chi connectivity index (χ1) is 10.1. The Morgan fingerprint density at radius 1 is 1.29 bits per heavy atom. The van der Waals surface area contributed by atoms with Crippen LogP contribution in [0, 0.1) is 12.8 Å². The molecule has 2 saturated heterocycles. The van der Waals surface area contributed by atoms with Crippen molar-refractivity contribution in [1.29, 1.82) is 0 Å². The maximum atomic E-state index is 12.3. The number of carbonyl (C=O) groups excluding carboxylic acids is 1. The van der Waals surface area contributed by atoms with Crippen molar-refractivity contribution >= 4 is 11.6 Å². The molecule has 2 atom stereocenters. The molecular formula is C18H26N2O. The van der Waals surface area contributed by atoms with E-state index in [1.165, 1.54) is 24.0 Å². The Bertz CT molecular complexity index is 514. The molecule has 3 rings (SSSR count). The lowest BCUT2D eigenvalue weighted by molar-refractivity contribution is -0.117. The van der Waals surface area contributed by atoms with E-state index < -0.39 is 0 Å². The van der Waals surface area contributed by atoms with Crippen LogP contribution in [0.5, 0.6) is 0 Å². The molecule has 2 heterocycles. The van der Waals surface area contributed by atoms with Crippen LogP contribution >= 0.6 is 0 Å². The number of rotatable bonds is 4. The molecule has 0 radical (unpaired) electrons. The van der Waals surface area contributed by atoms with E-state index in [9.17, 15) is 4.79 Å². The highest BCUT2D eigenvalue weighted by Gasteiger charge is 2.34. The summed E-state index contributed by atoms with van der Waals surface area (Å²) in [5.74, 6) is 0.729. The maximum Gasteiger partial charge on any atom is 0.224 e. The van der Waals surface area contributed by atoms with Crippen LogP contribution in [-0.2, 0) is 11.2 Å². The molecule has 2 unspecified atom stereocenters. The largest absolute Gasteiger partial charge is 0.326 e. The molecule has 2 fully saturated rings. The molecule has 1 aromatic carbocycles. The summed E-state index contributed by atoms with van der Waals surface area (Å²) in [6, 6.07) is 7.54. The minimum absolute atomic E-state index is 0.173. The van der Waals surface area contributed by atoms with Gasteiger partial charge in [-0.25, -0.2) is 0 Å². The first-order valence-electron chi connectivity index (χ1n) is 8.29. The first kappa shape index (κ1) is 14.6. The number of hydrogen-bond donors (Lipinski definition) is 2. The standard InChI is InChI=1S/C18H26N2O/c1-3-14-11-17(5-4-12(14)2)20-18(21)10-13-8-15-6-7-16(9-13)19-15/h4-5,11,13,15-16,19H,3,6-10H2,1-2H3,(H,20,21). The van der Waals surface area contributed by atoms with E-state index in [0.29, 0.717) is 24.4 Å². The lowest BCUT2D eigenvalue weighted by Gasteiger charge is -2.28. The summed E-state index contributed by atoms with van der Waals surface area (Å²) in [7, 11) is 0. The summed E-state index contributed by atoms with van der Waals surface area (Å²) in [6.07, 6.45) is 6.59. The van der Waals surface area contributed by atoms with Crippen LogP contribution in [-0.4, -0.2) is 18.0 Å². The monoisotopic (exact) mass is 286 g/mol. The third-order valence-corrected chi connectivity index (χ3v) is 5.06. The second-order valence-corrected chi connectivity index (χ2v) is 6.72. The summed E-state index contributed by atoms with van der Waals surface area (Å²) < 4.78 is 0. The van der Waals surface area contributed by atoms with Crippen LogP contribution in [0.25, 0.3) is 0 Å². The van der Waals surface area contributed by atoms with Crippen molar-refractivity contribution in [2.75, 3.05) is 5.32 Å². The van der Waals surface area contributed by atoms with Crippen LogP contribution in [0.1, 0.15) is 50.2 Å². The van der Waals surface area contributed by atoms with Crippen LogP contribution in [0.2, 0.25) is 0 Å². The van der Waals surface area contributed by atoms with E-state index in [1.807, 2.05) is 6.07 Å². The van der Waals surface area contributed by atoms with Crippen molar-refractivity contribution in [2.24, 2.45) is 5.92 Å². The predicted octanol–water partition coefficient (Wildman–Crippen LogP) is 3.42. The zero-order valence-electron chi connectivity index (χ0n) is 13.1. The quantitative estimate of drug-likeness (QED) is 0.890. The smallest absolute Gasteiger partial charge is 0.224 e. The molecule has 0 aliphatic carbocycles. The second-order valence-electron chi connectivity index (χ2n) is 6.72. The zero-order chi connectivity index (χ0) is 14.8. The summed E-state index contributed by atoms with van der Waals surface area (Å²) in [5.41, 5.74) is 3.55. The first-order valence-corrected chi connectivity index (χ1v) is 8.29. The minimum atomic E-state index is 0.173. The van der Waals surface area contributed by atoms with Gasteiger partial charge in [-0.2, -0.15) is 0 Å². The van der Waals surface area contributed by atoms with E-state index in [2.05, 4.69) is 36.6 Å². The molecule has 0 saturated carbocycles. The Labute approximate surface area is 127 Å². The Morgan fingerprint density at radius 2 is 2.00 bits per heavy atom. The molecule has 3 nitrogen and oxygen atoms in total. The zero-order valence-corrected chi connectivity index (χ0v) is 13.1. The Morgan fingerprint density at radius 3 is 2.67 bits per heavy atom. The van der Waals surface area contributed by atoms with Gasteiger partial charge in [-0.05, 0) is 68.2 Å². The van der Waals surface area contributed by atoms with Crippen molar-refractivity contribution in [1.82, 2.24) is 5.32 Å². The molecule has 2 N–H and O–H groups in total. The number of anilines is 1. The summed E-state index contributed by atoms with van der Waals surface area (Å²) in [6.45, 7) is 4.27. The SMILES string of the molecule is CCc1cc(NC(=O)CC2CC3CCC(C2)N3)ccc1C. The van der Waals surface area contributed by atoms with Gasteiger partial charge in [0.2, 0.25) is 5.91 Å². The molecule has 1 aromatic rings. The Hall–Kier alpha value is -1.35. The number of hydrogen-bond acceptors (Lipinski definition) is 2. The molecule has 0 spiro atoms. The van der Waals surface area contributed by atoms with Crippen molar-refractivity contribution < 1.29 is 4.79 Å². The van der Waals surface area contributed by atoms with Crippen LogP contribution in [0.4, 0.5) is 5.69 Å². The number of amides is 1. The van der Waals surface area contributed by atoms with Crippen molar-refractivity contribution in [3.63, 3.8) is 0 Å². The number of piperidine rings is 1. The Balaban J connectivity index is 1.56. The van der Waals surface area contributed by atoms with Gasteiger partial charge in [-0.15, -0.1) is 0 Å². The second kappa shape index (κ2) is 6.18. The van der Waals surface area contributed by atoms with Crippen molar-refractivity contribution in [2.45, 2.75) is 64.5 Å². The fourth-order valence-corrected chi connectivity index (χ4v) is 3.95. The van der Waals surface area contributed by atoms with E-state index in [4.69, 9.17) is 0 Å². The van der Waals surface area contributed by atoms with Gasteiger partial charge in [0, 0.05) is 24.2 Å². The third-order valence-electron chi connectivity index (χ3n) is 5.06. The minimum Gasteiger partial charge on any atom is -0.326 e. The van der Waals surface area contributed by atoms with Gasteiger partial charge in [0.05, 0.1) is 0 Å². The number of nitrogens with one attached hydrogen (secondary N) is 2. The molecule has 3 heteroatoms. The molecule has 114 valence electrons. The van der Waals surface area contributed by atoms with E-state index in [-0.39, 0.29) is 5.91 Å². The lowest BCUT2D eigenvalue weighted by atomic mass is 9.89. The predicted molar refractivity (Wildman–Crippen MR) is 86.5 cm³/mol. The molecule has 2 aliphatic heterocycles. The van der Waals surface area contributed by atoms with Gasteiger partial charge in [0.1, 0.15) is 0 Å². The molecule has 0 aromatic heterocycles. The number of carbonyl (C=O) groups is 1. The van der Waals surface area contributed by atoms with Gasteiger partial charge in [-0.3, -0.25) is 4.79 Å². The highest BCUT2D eigenvalue weighted by Crippen LogP contribution is 2.32. The van der Waals surface area contributed by atoms with Crippen molar-refractivity contribution in [3.8, 4) is 0 Å². The number of benzene rings is 1. The van der Waals surface area contributed by atoms with Crippen LogP contribution < -0.4 is 10.6 Å². The Kier molecular flexibility index (Phi) is 4.29. The highest BCUT2D eigenvalue weighted by molar-refractivity contribution is 5.91. The summed E-state index contributed by atoms with van der Waals surface area (Å²) in [5, 5.41) is 6.71. The van der Waals surface area contributed by atoms with E-state index in [0.717, 1.165) is 24.9 Å². The molecule has 21 heavy (non-hydrogen) atoms. The van der Waals surface area contributed by atoms with Gasteiger partial charge in [-0.1, -0.05) is 13.0 Å². The van der Waals surface area contributed by atoms with Gasteiger partial charge >= 0.3 is 0 Å². The fourth-order valence-electron chi connectivity index (χ4n) is 3.95. The number of aryl methyl sites for hydroxylation is 2. The summed E-state index contributed by atoms with van der Waals surface area (Å²) >= 11 is 0. The topological polar surface area (TPSA) is 41.1 Å². The number of fused-ring (bicyclic) bond motifs is 2. The van der Waals surface area contributed by atoms with Crippen molar-refractivity contribution in [3.05, 3.63) is 29.3 Å². The lowest BCUT2D eigenvalue weighted by Crippen LogP contribution is -2.39. The normalized spacial score (nSPS) is 27.6. The van der Waals surface area contributed by atoms with Crippen LogP contribution in [0.3, 0.4) is 0 Å². The highest BCUT2D eigenvalue weighted by atomic mass is 16.1.